The van der Waals surface area contributed by atoms with Crippen molar-refractivity contribution in [1.29, 1.82) is 0 Å². The van der Waals surface area contributed by atoms with E-state index in [4.69, 9.17) is 0 Å². The Morgan fingerprint density at radius 1 is 1.39 bits per heavy atom. The van der Waals surface area contributed by atoms with Gasteiger partial charge in [0.25, 0.3) is 0 Å². The SMILES string of the molecule is O=C(C=Cc1ccc(F)cc1)NCc1cnc[nH]1. The van der Waals surface area contributed by atoms with Gasteiger partial charge in [0.05, 0.1) is 18.6 Å². The van der Waals surface area contributed by atoms with Crippen LogP contribution in [0.15, 0.2) is 42.9 Å². The lowest BCUT2D eigenvalue weighted by atomic mass is 10.2. The number of carbonyl (C=O) groups excluding carboxylic acids is 1. The van der Waals surface area contributed by atoms with Crippen molar-refractivity contribution in [3.8, 4) is 0 Å². The van der Waals surface area contributed by atoms with E-state index in [9.17, 15) is 9.18 Å². The second-order valence-corrected chi connectivity index (χ2v) is 3.68. The molecule has 1 amide bonds. The Labute approximate surface area is 104 Å². The summed E-state index contributed by atoms with van der Waals surface area (Å²) in [6.07, 6.45) is 6.23. The lowest BCUT2D eigenvalue weighted by Crippen LogP contribution is -2.20. The standard InChI is InChI=1S/C13H12FN3O/c14-11-4-1-10(2-5-11)3-6-13(18)16-8-12-7-15-9-17-12/h1-7,9H,8H2,(H,15,17)(H,16,18). The lowest BCUT2D eigenvalue weighted by Gasteiger charge is -1.98. The highest BCUT2D eigenvalue weighted by Crippen LogP contribution is 2.04. The highest BCUT2D eigenvalue weighted by molar-refractivity contribution is 5.91. The predicted octanol–water partition coefficient (Wildman–Crippen LogP) is 1.88. The summed E-state index contributed by atoms with van der Waals surface area (Å²) in [5, 5.41) is 2.70. The molecule has 18 heavy (non-hydrogen) atoms. The van der Waals surface area contributed by atoms with Crippen LogP contribution in [0.25, 0.3) is 6.08 Å². The van der Waals surface area contributed by atoms with E-state index in [0.29, 0.717) is 6.54 Å². The smallest absolute Gasteiger partial charge is 0.244 e. The van der Waals surface area contributed by atoms with Crippen molar-refractivity contribution in [3.05, 3.63) is 59.9 Å². The number of hydrogen-bond acceptors (Lipinski definition) is 2. The van der Waals surface area contributed by atoms with Crippen molar-refractivity contribution in [2.24, 2.45) is 0 Å². The Kier molecular flexibility index (Phi) is 3.86. The summed E-state index contributed by atoms with van der Waals surface area (Å²) in [5.74, 6) is -0.509. The third kappa shape index (κ3) is 3.55. The number of rotatable bonds is 4. The molecule has 1 aromatic heterocycles. The van der Waals surface area contributed by atoms with Crippen molar-refractivity contribution >= 4 is 12.0 Å². The second kappa shape index (κ2) is 5.77. The molecule has 0 bridgehead atoms. The van der Waals surface area contributed by atoms with E-state index >= 15 is 0 Å². The van der Waals surface area contributed by atoms with E-state index in [1.165, 1.54) is 18.2 Å². The second-order valence-electron chi connectivity index (χ2n) is 3.68. The summed E-state index contributed by atoms with van der Waals surface area (Å²) in [7, 11) is 0. The maximum Gasteiger partial charge on any atom is 0.244 e. The Bertz CT molecular complexity index is 532. The largest absolute Gasteiger partial charge is 0.347 e. The van der Waals surface area contributed by atoms with Crippen molar-refractivity contribution in [1.82, 2.24) is 15.3 Å². The molecule has 1 heterocycles. The van der Waals surface area contributed by atoms with Crippen LogP contribution in [0.2, 0.25) is 0 Å². The summed E-state index contributed by atoms with van der Waals surface area (Å²) in [4.78, 5) is 18.2. The molecule has 0 spiro atoms. The predicted molar refractivity (Wildman–Crippen MR) is 65.9 cm³/mol. The Balaban J connectivity index is 1.85. The van der Waals surface area contributed by atoms with Gasteiger partial charge in [-0.05, 0) is 23.8 Å². The molecule has 0 saturated heterocycles. The van der Waals surface area contributed by atoms with Crippen LogP contribution in [0.3, 0.4) is 0 Å². The quantitative estimate of drug-likeness (QED) is 0.808. The highest BCUT2D eigenvalue weighted by atomic mass is 19.1. The van der Waals surface area contributed by atoms with Gasteiger partial charge in [0.1, 0.15) is 5.82 Å². The van der Waals surface area contributed by atoms with Gasteiger partial charge in [0, 0.05) is 12.3 Å². The first-order valence-electron chi connectivity index (χ1n) is 5.43. The first-order valence-corrected chi connectivity index (χ1v) is 5.43. The van der Waals surface area contributed by atoms with Gasteiger partial charge in [-0.2, -0.15) is 0 Å². The van der Waals surface area contributed by atoms with Crippen LogP contribution in [0, 0.1) is 5.82 Å². The average molecular weight is 245 g/mol. The summed E-state index contributed by atoms with van der Waals surface area (Å²) < 4.78 is 12.7. The Morgan fingerprint density at radius 2 is 2.17 bits per heavy atom. The van der Waals surface area contributed by atoms with Gasteiger partial charge in [-0.1, -0.05) is 12.1 Å². The first-order chi connectivity index (χ1) is 8.74. The van der Waals surface area contributed by atoms with Crippen LogP contribution < -0.4 is 5.32 Å². The summed E-state index contributed by atoms with van der Waals surface area (Å²) >= 11 is 0. The van der Waals surface area contributed by atoms with E-state index in [0.717, 1.165) is 11.3 Å². The zero-order valence-corrected chi connectivity index (χ0v) is 9.56. The molecule has 0 radical (unpaired) electrons. The van der Waals surface area contributed by atoms with Crippen LogP contribution in [-0.4, -0.2) is 15.9 Å². The maximum absolute atomic E-state index is 12.7. The number of amides is 1. The zero-order chi connectivity index (χ0) is 12.8. The van der Waals surface area contributed by atoms with Crippen LogP contribution in [0.4, 0.5) is 4.39 Å². The Hall–Kier alpha value is -2.43. The van der Waals surface area contributed by atoms with Crippen LogP contribution in [-0.2, 0) is 11.3 Å². The van der Waals surface area contributed by atoms with Crippen molar-refractivity contribution < 1.29 is 9.18 Å². The zero-order valence-electron chi connectivity index (χ0n) is 9.56. The molecule has 2 rings (SSSR count). The van der Waals surface area contributed by atoms with E-state index in [-0.39, 0.29) is 11.7 Å². The van der Waals surface area contributed by atoms with Gasteiger partial charge in [-0.25, -0.2) is 9.37 Å². The molecular weight excluding hydrogens is 233 g/mol. The molecule has 0 aliphatic rings. The lowest BCUT2D eigenvalue weighted by molar-refractivity contribution is -0.116. The van der Waals surface area contributed by atoms with Gasteiger partial charge in [0.15, 0.2) is 0 Å². The molecule has 0 atom stereocenters. The van der Waals surface area contributed by atoms with Crippen LogP contribution in [0.5, 0.6) is 0 Å². The molecule has 0 aliphatic carbocycles. The number of hydrogen-bond donors (Lipinski definition) is 2. The topological polar surface area (TPSA) is 57.8 Å². The number of benzene rings is 1. The number of carbonyl (C=O) groups is 1. The molecule has 0 unspecified atom stereocenters. The fraction of sp³-hybridized carbons (Fsp3) is 0.0769. The fourth-order valence-corrected chi connectivity index (χ4v) is 1.37. The number of nitrogens with one attached hydrogen (secondary N) is 2. The molecule has 0 aliphatic heterocycles. The fourth-order valence-electron chi connectivity index (χ4n) is 1.37. The molecule has 92 valence electrons. The van der Waals surface area contributed by atoms with Gasteiger partial charge in [-0.15, -0.1) is 0 Å². The normalized spacial score (nSPS) is 10.7. The molecular formula is C13H12FN3O. The molecule has 2 N–H and O–H groups in total. The minimum Gasteiger partial charge on any atom is -0.347 e. The van der Waals surface area contributed by atoms with E-state index in [2.05, 4.69) is 15.3 Å². The number of imidazole rings is 1. The number of H-pyrrole nitrogens is 1. The molecule has 5 heteroatoms. The van der Waals surface area contributed by atoms with Crippen LogP contribution >= 0.6 is 0 Å². The van der Waals surface area contributed by atoms with Crippen molar-refractivity contribution in [2.75, 3.05) is 0 Å². The van der Waals surface area contributed by atoms with Crippen molar-refractivity contribution in [2.45, 2.75) is 6.54 Å². The highest BCUT2D eigenvalue weighted by Gasteiger charge is 1.97. The number of aromatic nitrogens is 2. The van der Waals surface area contributed by atoms with Gasteiger partial charge in [-0.3, -0.25) is 4.79 Å². The molecule has 0 saturated carbocycles. The summed E-state index contributed by atoms with van der Waals surface area (Å²) in [5.41, 5.74) is 1.60. The van der Waals surface area contributed by atoms with E-state index in [1.54, 1.807) is 30.7 Å². The minimum absolute atomic E-state index is 0.214. The number of nitrogens with zero attached hydrogens (tertiary/aromatic N) is 1. The molecule has 1 aromatic carbocycles. The minimum atomic E-state index is -0.296. The van der Waals surface area contributed by atoms with Gasteiger partial charge >= 0.3 is 0 Å². The van der Waals surface area contributed by atoms with E-state index in [1.807, 2.05) is 0 Å². The van der Waals surface area contributed by atoms with Crippen molar-refractivity contribution in [3.63, 3.8) is 0 Å². The summed E-state index contributed by atoms with van der Waals surface area (Å²) in [6, 6.07) is 5.91. The molecule has 2 aromatic rings. The van der Waals surface area contributed by atoms with E-state index < -0.39 is 0 Å². The van der Waals surface area contributed by atoms with Gasteiger partial charge in [0.2, 0.25) is 5.91 Å². The molecule has 0 fully saturated rings. The van der Waals surface area contributed by atoms with Crippen LogP contribution in [0.1, 0.15) is 11.3 Å². The maximum atomic E-state index is 12.7. The third-order valence-electron chi connectivity index (χ3n) is 2.31. The molecule has 4 nitrogen and oxygen atoms in total. The Morgan fingerprint density at radius 3 is 2.83 bits per heavy atom. The summed E-state index contributed by atoms with van der Waals surface area (Å²) in [6.45, 7) is 0.395. The monoisotopic (exact) mass is 245 g/mol. The first kappa shape index (κ1) is 12.0. The number of halogens is 1. The van der Waals surface area contributed by atoms with Gasteiger partial charge < -0.3 is 10.3 Å². The average Bonchev–Trinajstić information content (AvgIpc) is 2.89. The number of aromatic amines is 1. The third-order valence-corrected chi connectivity index (χ3v) is 2.31.